The van der Waals surface area contributed by atoms with Crippen LogP contribution in [0, 0.1) is 0 Å². The zero-order chi connectivity index (χ0) is 13.1. The molecule has 0 fully saturated rings. The van der Waals surface area contributed by atoms with E-state index in [4.69, 9.17) is 5.11 Å². The lowest BCUT2D eigenvalue weighted by molar-refractivity contribution is 0.307. The van der Waals surface area contributed by atoms with Gasteiger partial charge in [0.1, 0.15) is 0 Å². The molecule has 1 N–H and O–H groups in total. The van der Waals surface area contributed by atoms with Crippen molar-refractivity contribution in [3.8, 4) is 0 Å². The van der Waals surface area contributed by atoms with E-state index in [9.17, 15) is 8.42 Å². The number of benzene rings is 1. The number of aliphatic hydroxyl groups excluding tert-OH is 1. The number of anilines is 1. The van der Waals surface area contributed by atoms with Gasteiger partial charge in [-0.25, -0.2) is 8.42 Å². The Labute approximate surface area is 103 Å². The second kappa shape index (κ2) is 5.51. The average molecular weight is 257 g/mol. The van der Waals surface area contributed by atoms with Gasteiger partial charge in [0.2, 0.25) is 10.0 Å². The number of rotatable bonds is 5. The maximum Gasteiger partial charge on any atom is 0.232 e. The molecule has 0 radical (unpaired) electrons. The maximum absolute atomic E-state index is 11.6. The average Bonchev–Trinajstić information content (AvgIpc) is 2.24. The topological polar surface area (TPSA) is 57.6 Å². The molecule has 0 atom stereocenters. The summed E-state index contributed by atoms with van der Waals surface area (Å²) in [7, 11) is -3.34. The molecule has 0 saturated heterocycles. The van der Waals surface area contributed by atoms with Crippen LogP contribution in [0.4, 0.5) is 5.69 Å². The van der Waals surface area contributed by atoms with Gasteiger partial charge >= 0.3 is 0 Å². The van der Waals surface area contributed by atoms with Gasteiger partial charge in [-0.1, -0.05) is 26.0 Å². The van der Waals surface area contributed by atoms with Crippen molar-refractivity contribution in [2.75, 3.05) is 23.7 Å². The molecule has 0 aromatic heterocycles. The summed E-state index contributed by atoms with van der Waals surface area (Å²) in [5.41, 5.74) is 1.75. The van der Waals surface area contributed by atoms with Gasteiger partial charge in [0, 0.05) is 0 Å². The van der Waals surface area contributed by atoms with Gasteiger partial charge in [0.05, 0.1) is 25.1 Å². The van der Waals surface area contributed by atoms with Crippen LogP contribution in [0.5, 0.6) is 0 Å². The maximum atomic E-state index is 11.6. The minimum absolute atomic E-state index is 0.0832. The zero-order valence-corrected chi connectivity index (χ0v) is 11.2. The Bertz CT molecular complexity index is 451. The Morgan fingerprint density at radius 1 is 1.24 bits per heavy atom. The highest BCUT2D eigenvalue weighted by molar-refractivity contribution is 7.92. The number of hydrogen-bond acceptors (Lipinski definition) is 3. The fraction of sp³-hybridized carbons (Fsp3) is 0.500. The molecule has 4 nitrogen and oxygen atoms in total. The SMILES string of the molecule is CC(C)c1ccc(N(CCO)S(C)(=O)=O)cc1. The van der Waals surface area contributed by atoms with Gasteiger partial charge in [-0.3, -0.25) is 4.31 Å². The van der Waals surface area contributed by atoms with Crippen molar-refractivity contribution in [1.29, 1.82) is 0 Å². The van der Waals surface area contributed by atoms with Crippen molar-refractivity contribution in [3.63, 3.8) is 0 Å². The Balaban J connectivity index is 3.04. The molecule has 0 aliphatic rings. The molecule has 0 amide bonds. The van der Waals surface area contributed by atoms with Gasteiger partial charge in [-0.05, 0) is 23.6 Å². The van der Waals surface area contributed by atoms with E-state index >= 15 is 0 Å². The third-order valence-electron chi connectivity index (χ3n) is 2.55. The zero-order valence-electron chi connectivity index (χ0n) is 10.4. The number of hydrogen-bond donors (Lipinski definition) is 1. The van der Waals surface area contributed by atoms with Gasteiger partial charge in [-0.15, -0.1) is 0 Å². The molecule has 0 aliphatic carbocycles. The number of nitrogens with zero attached hydrogens (tertiary/aromatic N) is 1. The van der Waals surface area contributed by atoms with Crippen LogP contribution in [0.1, 0.15) is 25.3 Å². The van der Waals surface area contributed by atoms with Crippen molar-refractivity contribution in [1.82, 2.24) is 0 Å². The fourth-order valence-electron chi connectivity index (χ4n) is 1.60. The molecule has 0 saturated carbocycles. The molecule has 0 heterocycles. The predicted octanol–water partition coefficient (Wildman–Crippen LogP) is 1.57. The van der Waals surface area contributed by atoms with Crippen LogP contribution in [0.3, 0.4) is 0 Å². The minimum atomic E-state index is -3.34. The third kappa shape index (κ3) is 3.71. The normalized spacial score (nSPS) is 11.8. The van der Waals surface area contributed by atoms with Gasteiger partial charge < -0.3 is 5.11 Å². The molecule has 1 aromatic carbocycles. The largest absolute Gasteiger partial charge is 0.394 e. The van der Waals surface area contributed by atoms with E-state index < -0.39 is 10.0 Å². The second-order valence-corrected chi connectivity index (χ2v) is 6.21. The van der Waals surface area contributed by atoms with Gasteiger partial charge in [0.25, 0.3) is 0 Å². The first-order valence-electron chi connectivity index (χ1n) is 5.54. The Morgan fingerprint density at radius 2 is 1.76 bits per heavy atom. The molecule has 5 heteroatoms. The standard InChI is InChI=1S/C12H19NO3S/c1-10(2)11-4-6-12(7-5-11)13(8-9-14)17(3,15)16/h4-7,10,14H,8-9H2,1-3H3. The first kappa shape index (κ1) is 14.0. The van der Waals surface area contributed by atoms with Crippen LogP contribution in [0.2, 0.25) is 0 Å². The summed E-state index contributed by atoms with van der Waals surface area (Å²) in [5.74, 6) is 0.411. The Morgan fingerprint density at radius 3 is 2.12 bits per heavy atom. The molecule has 0 spiro atoms. The molecule has 96 valence electrons. The molecule has 0 unspecified atom stereocenters. The highest BCUT2D eigenvalue weighted by Crippen LogP contribution is 2.21. The summed E-state index contributed by atoms with van der Waals surface area (Å²) in [6.45, 7) is 4.05. The summed E-state index contributed by atoms with van der Waals surface area (Å²) in [4.78, 5) is 0. The smallest absolute Gasteiger partial charge is 0.232 e. The van der Waals surface area contributed by atoms with Crippen LogP contribution >= 0.6 is 0 Å². The molecule has 0 bridgehead atoms. The van der Waals surface area contributed by atoms with E-state index in [0.717, 1.165) is 11.8 Å². The van der Waals surface area contributed by atoms with Crippen molar-refractivity contribution in [2.24, 2.45) is 0 Å². The third-order valence-corrected chi connectivity index (χ3v) is 3.75. The van der Waals surface area contributed by atoms with E-state index in [1.54, 1.807) is 12.1 Å². The summed E-state index contributed by atoms with van der Waals surface area (Å²) in [5, 5.41) is 8.90. The van der Waals surface area contributed by atoms with Gasteiger partial charge in [0.15, 0.2) is 0 Å². The van der Waals surface area contributed by atoms with E-state index in [0.29, 0.717) is 11.6 Å². The molecule has 1 rings (SSSR count). The molecule has 17 heavy (non-hydrogen) atoms. The molecular formula is C12H19NO3S. The lowest BCUT2D eigenvalue weighted by Gasteiger charge is -2.21. The van der Waals surface area contributed by atoms with E-state index in [2.05, 4.69) is 13.8 Å². The lowest BCUT2D eigenvalue weighted by Crippen LogP contribution is -2.32. The monoisotopic (exact) mass is 257 g/mol. The van der Waals surface area contributed by atoms with E-state index in [1.165, 1.54) is 4.31 Å². The predicted molar refractivity (Wildman–Crippen MR) is 69.8 cm³/mol. The number of aliphatic hydroxyl groups is 1. The van der Waals surface area contributed by atoms with E-state index in [1.807, 2.05) is 12.1 Å². The first-order valence-corrected chi connectivity index (χ1v) is 7.39. The molecule has 0 aliphatic heterocycles. The summed E-state index contributed by atoms with van der Waals surface area (Å²) in [6, 6.07) is 7.36. The molecule has 1 aromatic rings. The number of sulfonamides is 1. The second-order valence-electron chi connectivity index (χ2n) is 4.30. The van der Waals surface area contributed by atoms with Crippen molar-refractivity contribution >= 4 is 15.7 Å². The van der Waals surface area contributed by atoms with Crippen LogP contribution in [-0.4, -0.2) is 32.9 Å². The Hall–Kier alpha value is -1.07. The Kier molecular flexibility index (Phi) is 4.54. The van der Waals surface area contributed by atoms with Crippen LogP contribution < -0.4 is 4.31 Å². The van der Waals surface area contributed by atoms with Crippen molar-refractivity contribution in [2.45, 2.75) is 19.8 Å². The fourth-order valence-corrected chi connectivity index (χ4v) is 2.52. The van der Waals surface area contributed by atoms with Crippen LogP contribution in [0.25, 0.3) is 0 Å². The summed E-state index contributed by atoms with van der Waals surface area (Å²) in [6.07, 6.45) is 1.14. The highest BCUT2D eigenvalue weighted by atomic mass is 32.2. The summed E-state index contributed by atoms with van der Waals surface area (Å²) >= 11 is 0. The van der Waals surface area contributed by atoms with E-state index in [-0.39, 0.29) is 13.2 Å². The van der Waals surface area contributed by atoms with Gasteiger partial charge in [-0.2, -0.15) is 0 Å². The highest BCUT2D eigenvalue weighted by Gasteiger charge is 2.16. The van der Waals surface area contributed by atoms with Crippen molar-refractivity contribution in [3.05, 3.63) is 29.8 Å². The summed E-state index contributed by atoms with van der Waals surface area (Å²) < 4.78 is 24.3. The minimum Gasteiger partial charge on any atom is -0.394 e. The first-order chi connectivity index (χ1) is 7.86. The lowest BCUT2D eigenvalue weighted by atomic mass is 10.0. The van der Waals surface area contributed by atoms with Crippen LogP contribution in [0.15, 0.2) is 24.3 Å². The molecular weight excluding hydrogens is 238 g/mol. The quantitative estimate of drug-likeness (QED) is 0.871. The van der Waals surface area contributed by atoms with Crippen molar-refractivity contribution < 1.29 is 13.5 Å². The van der Waals surface area contributed by atoms with Crippen LogP contribution in [-0.2, 0) is 10.0 Å².